The number of benzene rings is 2. The van der Waals surface area contributed by atoms with Crippen molar-refractivity contribution in [2.75, 3.05) is 19.7 Å². The summed E-state index contributed by atoms with van der Waals surface area (Å²) in [5, 5.41) is 0.659. The molecule has 4 rings (SSSR count). The SMILES string of the molecule is O=C(OCC(=O)N1CCCCC1)c1cc(-c2ccccc2)nc2c(Br)cc(Br)cc12. The van der Waals surface area contributed by atoms with Crippen molar-refractivity contribution in [1.82, 2.24) is 9.88 Å². The van der Waals surface area contributed by atoms with E-state index in [1.165, 1.54) is 0 Å². The monoisotopic (exact) mass is 530 g/mol. The average Bonchev–Trinajstić information content (AvgIpc) is 2.78. The number of amides is 1. The third-order valence-electron chi connectivity index (χ3n) is 5.16. The number of hydrogen-bond acceptors (Lipinski definition) is 4. The third kappa shape index (κ3) is 4.57. The Morgan fingerprint density at radius 3 is 2.47 bits per heavy atom. The van der Waals surface area contributed by atoms with Gasteiger partial charge in [-0.05, 0) is 53.4 Å². The van der Waals surface area contributed by atoms with E-state index in [-0.39, 0.29) is 12.5 Å². The topological polar surface area (TPSA) is 59.5 Å². The normalized spacial score (nSPS) is 14.0. The number of halogens is 2. The molecule has 1 amide bonds. The molecular weight excluding hydrogens is 512 g/mol. The molecule has 1 fully saturated rings. The Balaban J connectivity index is 1.67. The number of esters is 1. The van der Waals surface area contributed by atoms with E-state index in [4.69, 9.17) is 9.72 Å². The van der Waals surface area contributed by atoms with Crippen molar-refractivity contribution in [3.63, 3.8) is 0 Å². The fourth-order valence-electron chi connectivity index (χ4n) is 3.62. The molecule has 0 radical (unpaired) electrons. The van der Waals surface area contributed by atoms with Crippen LogP contribution in [0.5, 0.6) is 0 Å². The number of nitrogens with zero attached hydrogens (tertiary/aromatic N) is 2. The lowest BCUT2D eigenvalue weighted by atomic mass is 10.0. The van der Waals surface area contributed by atoms with Crippen LogP contribution in [0.2, 0.25) is 0 Å². The summed E-state index contributed by atoms with van der Waals surface area (Å²) < 4.78 is 7.01. The van der Waals surface area contributed by atoms with Crippen LogP contribution in [-0.4, -0.2) is 41.5 Å². The van der Waals surface area contributed by atoms with Gasteiger partial charge in [0.2, 0.25) is 0 Å². The van der Waals surface area contributed by atoms with Gasteiger partial charge in [0.25, 0.3) is 5.91 Å². The van der Waals surface area contributed by atoms with Gasteiger partial charge >= 0.3 is 5.97 Å². The summed E-state index contributed by atoms with van der Waals surface area (Å²) >= 11 is 7.02. The first-order valence-electron chi connectivity index (χ1n) is 9.83. The molecule has 1 saturated heterocycles. The first-order chi connectivity index (χ1) is 14.5. The van der Waals surface area contributed by atoms with E-state index in [2.05, 4.69) is 31.9 Å². The van der Waals surface area contributed by atoms with E-state index in [0.29, 0.717) is 22.2 Å². The lowest BCUT2D eigenvalue weighted by molar-refractivity contribution is -0.135. The second-order valence-electron chi connectivity index (χ2n) is 7.22. The molecule has 0 aliphatic carbocycles. The zero-order chi connectivity index (χ0) is 21.1. The minimum atomic E-state index is -0.532. The molecular formula is C23H20Br2N2O3. The summed E-state index contributed by atoms with van der Waals surface area (Å²) in [6, 6.07) is 15.1. The number of rotatable bonds is 4. The van der Waals surface area contributed by atoms with Gasteiger partial charge in [0.15, 0.2) is 6.61 Å². The van der Waals surface area contributed by atoms with Gasteiger partial charge in [-0.25, -0.2) is 9.78 Å². The number of ether oxygens (including phenoxy) is 1. The molecule has 2 aromatic carbocycles. The van der Waals surface area contributed by atoms with Gasteiger partial charge < -0.3 is 9.64 Å². The molecule has 0 spiro atoms. The van der Waals surface area contributed by atoms with Crippen molar-refractivity contribution in [3.8, 4) is 11.3 Å². The molecule has 5 nitrogen and oxygen atoms in total. The van der Waals surface area contributed by atoms with Crippen LogP contribution in [0, 0.1) is 0 Å². The summed E-state index contributed by atoms with van der Waals surface area (Å²) in [5.74, 6) is -0.679. The molecule has 0 bridgehead atoms. The van der Waals surface area contributed by atoms with Crippen molar-refractivity contribution in [2.24, 2.45) is 0 Å². The maximum atomic E-state index is 13.0. The Bertz CT molecular complexity index is 1100. The Morgan fingerprint density at radius 2 is 1.73 bits per heavy atom. The van der Waals surface area contributed by atoms with Crippen LogP contribution in [0.4, 0.5) is 0 Å². The van der Waals surface area contributed by atoms with Crippen LogP contribution in [0.25, 0.3) is 22.2 Å². The van der Waals surface area contributed by atoms with Crippen LogP contribution in [0.1, 0.15) is 29.6 Å². The number of hydrogen-bond donors (Lipinski definition) is 0. The maximum Gasteiger partial charge on any atom is 0.339 e. The first-order valence-corrected chi connectivity index (χ1v) is 11.4. The number of likely N-dealkylation sites (tertiary alicyclic amines) is 1. The van der Waals surface area contributed by atoms with Crippen molar-refractivity contribution >= 4 is 54.6 Å². The van der Waals surface area contributed by atoms with E-state index < -0.39 is 5.97 Å². The van der Waals surface area contributed by atoms with E-state index in [1.54, 1.807) is 11.0 Å². The minimum absolute atomic E-state index is 0.146. The van der Waals surface area contributed by atoms with E-state index in [9.17, 15) is 9.59 Å². The Labute approximate surface area is 191 Å². The van der Waals surface area contributed by atoms with Gasteiger partial charge in [0, 0.05) is 33.0 Å². The Morgan fingerprint density at radius 1 is 1.00 bits per heavy atom. The van der Waals surface area contributed by atoms with E-state index >= 15 is 0 Å². The molecule has 0 atom stereocenters. The number of carbonyl (C=O) groups excluding carboxylic acids is 2. The molecule has 1 aliphatic heterocycles. The van der Waals surface area contributed by atoms with Gasteiger partial charge in [-0.1, -0.05) is 46.3 Å². The van der Waals surface area contributed by atoms with Gasteiger partial charge in [-0.15, -0.1) is 0 Å². The number of carbonyl (C=O) groups is 2. The highest BCUT2D eigenvalue weighted by Crippen LogP contribution is 2.32. The second-order valence-corrected chi connectivity index (χ2v) is 8.99. The molecule has 0 N–H and O–H groups in total. The van der Waals surface area contributed by atoms with Gasteiger partial charge in [0.05, 0.1) is 16.8 Å². The van der Waals surface area contributed by atoms with Crippen LogP contribution < -0.4 is 0 Å². The van der Waals surface area contributed by atoms with Crippen molar-refractivity contribution < 1.29 is 14.3 Å². The molecule has 3 aromatic rings. The lowest BCUT2D eigenvalue weighted by Crippen LogP contribution is -2.38. The number of aromatic nitrogens is 1. The Kier molecular flexibility index (Phi) is 6.49. The number of pyridine rings is 1. The van der Waals surface area contributed by atoms with Gasteiger partial charge in [0.1, 0.15) is 0 Å². The predicted octanol–water partition coefficient (Wildman–Crippen LogP) is 5.60. The molecule has 1 aliphatic rings. The quantitative estimate of drug-likeness (QED) is 0.411. The van der Waals surface area contributed by atoms with Gasteiger partial charge in [-0.2, -0.15) is 0 Å². The summed E-state index contributed by atoms with van der Waals surface area (Å²) in [7, 11) is 0. The van der Waals surface area contributed by atoms with Crippen molar-refractivity contribution in [2.45, 2.75) is 19.3 Å². The molecule has 1 aromatic heterocycles. The van der Waals surface area contributed by atoms with Crippen LogP contribution in [-0.2, 0) is 9.53 Å². The molecule has 7 heteroatoms. The highest BCUT2D eigenvalue weighted by Gasteiger charge is 2.21. The average molecular weight is 532 g/mol. The number of fused-ring (bicyclic) bond motifs is 1. The van der Waals surface area contributed by atoms with E-state index in [0.717, 1.165) is 46.9 Å². The predicted molar refractivity (Wildman–Crippen MR) is 123 cm³/mol. The fourth-order valence-corrected chi connectivity index (χ4v) is 4.93. The third-order valence-corrected chi connectivity index (χ3v) is 6.22. The maximum absolute atomic E-state index is 13.0. The molecule has 30 heavy (non-hydrogen) atoms. The Hall–Kier alpha value is -2.25. The summed E-state index contributed by atoms with van der Waals surface area (Å²) in [6.07, 6.45) is 3.13. The zero-order valence-electron chi connectivity index (χ0n) is 16.2. The fraction of sp³-hybridized carbons (Fsp3) is 0.261. The van der Waals surface area contributed by atoms with E-state index in [1.807, 2.05) is 42.5 Å². The molecule has 154 valence electrons. The second kappa shape index (κ2) is 9.27. The smallest absolute Gasteiger partial charge is 0.339 e. The van der Waals surface area contributed by atoms with Crippen LogP contribution >= 0.6 is 31.9 Å². The largest absolute Gasteiger partial charge is 0.452 e. The molecule has 2 heterocycles. The van der Waals surface area contributed by atoms with Crippen molar-refractivity contribution in [1.29, 1.82) is 0 Å². The molecule has 0 saturated carbocycles. The van der Waals surface area contributed by atoms with Crippen molar-refractivity contribution in [3.05, 3.63) is 63.0 Å². The first kappa shape index (κ1) is 21.0. The lowest BCUT2D eigenvalue weighted by Gasteiger charge is -2.26. The minimum Gasteiger partial charge on any atom is -0.452 e. The van der Waals surface area contributed by atoms with Crippen LogP contribution in [0.15, 0.2) is 57.5 Å². The summed E-state index contributed by atoms with van der Waals surface area (Å²) in [6.45, 7) is 1.21. The molecule has 0 unspecified atom stereocenters. The highest BCUT2D eigenvalue weighted by molar-refractivity contribution is 9.11. The number of piperidine rings is 1. The highest BCUT2D eigenvalue weighted by atomic mass is 79.9. The summed E-state index contributed by atoms with van der Waals surface area (Å²) in [4.78, 5) is 31.9. The zero-order valence-corrected chi connectivity index (χ0v) is 19.4. The summed E-state index contributed by atoms with van der Waals surface area (Å²) in [5.41, 5.74) is 2.61. The van der Waals surface area contributed by atoms with Crippen LogP contribution in [0.3, 0.4) is 0 Å². The standard InChI is InChI=1S/C23H20Br2N2O3/c24-16-11-17-18(23(29)30-14-21(28)27-9-5-2-6-10-27)13-20(15-7-3-1-4-8-15)26-22(17)19(25)12-16/h1,3-4,7-8,11-13H,2,5-6,9-10,14H2. The van der Waals surface area contributed by atoms with Gasteiger partial charge in [-0.3, -0.25) is 4.79 Å².